The molecular formula is C20H18ClFN4O4. The summed E-state index contributed by atoms with van der Waals surface area (Å²) in [4.78, 5) is 28.2. The first-order chi connectivity index (χ1) is 14.4. The summed E-state index contributed by atoms with van der Waals surface area (Å²) in [5, 5.41) is 4.46. The number of nitrogens with one attached hydrogen (secondary N) is 2. The molecule has 30 heavy (non-hydrogen) atoms. The predicted molar refractivity (Wildman–Crippen MR) is 106 cm³/mol. The van der Waals surface area contributed by atoms with Crippen LogP contribution in [0, 0.1) is 5.82 Å². The molecule has 0 spiro atoms. The molecule has 2 aromatic carbocycles. The van der Waals surface area contributed by atoms with Gasteiger partial charge >= 0.3 is 0 Å². The van der Waals surface area contributed by atoms with Crippen molar-refractivity contribution in [3.8, 4) is 17.1 Å². The molecule has 2 amide bonds. The van der Waals surface area contributed by atoms with E-state index in [1.54, 1.807) is 24.3 Å². The molecule has 2 N–H and O–H groups in total. The molecule has 0 radical (unpaired) electrons. The molecule has 1 aromatic heterocycles. The van der Waals surface area contributed by atoms with Crippen LogP contribution in [-0.4, -0.2) is 28.1 Å². The smallest absolute Gasteiger partial charge is 0.279 e. The second kappa shape index (κ2) is 9.84. The first-order valence-corrected chi connectivity index (χ1v) is 9.38. The van der Waals surface area contributed by atoms with Gasteiger partial charge in [0.25, 0.3) is 5.91 Å². The lowest BCUT2D eigenvalue weighted by molar-refractivity contribution is -0.132. The predicted octanol–water partition coefficient (Wildman–Crippen LogP) is 3.08. The quantitative estimate of drug-likeness (QED) is 0.556. The van der Waals surface area contributed by atoms with Gasteiger partial charge in [0, 0.05) is 23.4 Å². The summed E-state index contributed by atoms with van der Waals surface area (Å²) in [5.41, 5.74) is 5.30. The lowest BCUT2D eigenvalue weighted by Gasteiger charge is -2.15. The lowest BCUT2D eigenvalue weighted by atomic mass is 10.2. The van der Waals surface area contributed by atoms with E-state index in [2.05, 4.69) is 21.0 Å². The maximum absolute atomic E-state index is 12.9. The lowest BCUT2D eigenvalue weighted by Crippen LogP contribution is -2.47. The highest BCUT2D eigenvalue weighted by Gasteiger charge is 2.16. The molecular weight excluding hydrogens is 415 g/mol. The fraction of sp³-hybridized carbons (Fsp3) is 0.200. The minimum absolute atomic E-state index is 0.0235. The van der Waals surface area contributed by atoms with Crippen LogP contribution in [-0.2, 0) is 16.0 Å². The van der Waals surface area contributed by atoms with Crippen molar-refractivity contribution < 1.29 is 23.2 Å². The van der Waals surface area contributed by atoms with Gasteiger partial charge in [0.1, 0.15) is 11.6 Å². The Bertz CT molecular complexity index is 1010. The number of hydrogen-bond acceptors (Lipinski definition) is 6. The summed E-state index contributed by atoms with van der Waals surface area (Å²) < 4.78 is 23.4. The Morgan fingerprint density at radius 2 is 1.83 bits per heavy atom. The average Bonchev–Trinajstić information content (AvgIpc) is 3.21. The van der Waals surface area contributed by atoms with Crippen LogP contribution in [0.15, 0.2) is 53.1 Å². The van der Waals surface area contributed by atoms with Crippen LogP contribution in [0.4, 0.5) is 4.39 Å². The number of hydrazine groups is 1. The van der Waals surface area contributed by atoms with Crippen molar-refractivity contribution in [3.63, 3.8) is 0 Å². The molecule has 10 heteroatoms. The molecule has 1 atom stereocenters. The van der Waals surface area contributed by atoms with Crippen molar-refractivity contribution in [2.75, 3.05) is 0 Å². The third-order valence-electron chi connectivity index (χ3n) is 3.96. The molecule has 0 bridgehead atoms. The molecule has 3 aromatic rings. The monoisotopic (exact) mass is 432 g/mol. The third kappa shape index (κ3) is 6.02. The Hall–Kier alpha value is -3.46. The fourth-order valence-corrected chi connectivity index (χ4v) is 2.49. The largest absolute Gasteiger partial charge is 0.481 e. The number of amides is 2. The van der Waals surface area contributed by atoms with Crippen molar-refractivity contribution in [2.24, 2.45) is 0 Å². The Morgan fingerprint density at radius 1 is 1.13 bits per heavy atom. The number of nitrogens with zero attached hydrogens (tertiary/aromatic N) is 2. The van der Waals surface area contributed by atoms with Crippen LogP contribution < -0.4 is 15.6 Å². The Balaban J connectivity index is 1.42. The molecule has 1 heterocycles. The molecule has 8 nitrogen and oxygen atoms in total. The van der Waals surface area contributed by atoms with E-state index < -0.39 is 23.7 Å². The third-order valence-corrected chi connectivity index (χ3v) is 4.21. The molecule has 0 saturated heterocycles. The van der Waals surface area contributed by atoms with Crippen molar-refractivity contribution in [1.29, 1.82) is 0 Å². The zero-order chi connectivity index (χ0) is 21.5. The van der Waals surface area contributed by atoms with E-state index in [4.69, 9.17) is 20.9 Å². The van der Waals surface area contributed by atoms with E-state index in [-0.39, 0.29) is 18.7 Å². The average molecular weight is 433 g/mol. The first kappa shape index (κ1) is 21.3. The number of rotatable bonds is 7. The highest BCUT2D eigenvalue weighted by molar-refractivity contribution is 6.30. The number of carbonyl (C=O) groups is 2. The maximum Gasteiger partial charge on any atom is 0.279 e. The molecule has 156 valence electrons. The van der Waals surface area contributed by atoms with E-state index >= 15 is 0 Å². The summed E-state index contributed by atoms with van der Waals surface area (Å²) in [6.45, 7) is 1.50. The molecule has 3 rings (SSSR count). The van der Waals surface area contributed by atoms with Crippen LogP contribution in [0.25, 0.3) is 11.4 Å². The topological polar surface area (TPSA) is 106 Å². The molecule has 0 aliphatic carbocycles. The standard InChI is InChI=1S/C20H18ClFN4O4/c1-12(29-16-8-6-15(22)7-9-16)20(28)25-24-17(27)10-11-18-23-19(26-30-18)13-2-4-14(21)5-3-13/h2-9,12H,10-11H2,1H3,(H,24,27)(H,25,28). The molecule has 0 aliphatic rings. The van der Waals surface area contributed by atoms with E-state index in [1.807, 2.05) is 0 Å². The van der Waals surface area contributed by atoms with Gasteiger partial charge in [-0.3, -0.25) is 20.4 Å². The van der Waals surface area contributed by atoms with Crippen LogP contribution >= 0.6 is 11.6 Å². The van der Waals surface area contributed by atoms with Crippen LogP contribution in [0.5, 0.6) is 5.75 Å². The Kier molecular flexibility index (Phi) is 6.97. The normalized spacial score (nSPS) is 11.6. The number of aromatic nitrogens is 2. The number of halogens is 2. The minimum atomic E-state index is -0.895. The van der Waals surface area contributed by atoms with Gasteiger partial charge in [0.2, 0.25) is 17.6 Å². The summed E-state index contributed by atoms with van der Waals surface area (Å²) in [7, 11) is 0. The van der Waals surface area contributed by atoms with Gasteiger partial charge < -0.3 is 9.26 Å². The summed E-state index contributed by atoms with van der Waals surface area (Å²) >= 11 is 5.85. The second-order valence-electron chi connectivity index (χ2n) is 6.27. The molecule has 0 saturated carbocycles. The fourth-order valence-electron chi connectivity index (χ4n) is 2.36. The molecule has 0 aliphatic heterocycles. The zero-order valence-corrected chi connectivity index (χ0v) is 16.6. The van der Waals surface area contributed by atoms with Gasteiger partial charge in [-0.05, 0) is 55.5 Å². The van der Waals surface area contributed by atoms with E-state index in [9.17, 15) is 14.0 Å². The zero-order valence-electron chi connectivity index (χ0n) is 15.9. The van der Waals surface area contributed by atoms with Crippen LogP contribution in [0.2, 0.25) is 5.02 Å². The van der Waals surface area contributed by atoms with Crippen molar-refractivity contribution in [1.82, 2.24) is 21.0 Å². The van der Waals surface area contributed by atoms with Crippen molar-refractivity contribution >= 4 is 23.4 Å². The maximum atomic E-state index is 12.9. The number of carbonyl (C=O) groups excluding carboxylic acids is 2. The Labute approximate surface area is 176 Å². The summed E-state index contributed by atoms with van der Waals surface area (Å²) in [5.74, 6) is -0.401. The van der Waals surface area contributed by atoms with E-state index in [0.717, 1.165) is 5.56 Å². The van der Waals surface area contributed by atoms with Crippen molar-refractivity contribution in [2.45, 2.75) is 25.9 Å². The SMILES string of the molecule is CC(Oc1ccc(F)cc1)C(=O)NNC(=O)CCc1nc(-c2ccc(Cl)cc2)no1. The van der Waals surface area contributed by atoms with E-state index in [1.165, 1.54) is 31.2 Å². The molecule has 1 unspecified atom stereocenters. The van der Waals surface area contributed by atoms with Gasteiger partial charge in [-0.2, -0.15) is 4.98 Å². The highest BCUT2D eigenvalue weighted by atomic mass is 35.5. The van der Waals surface area contributed by atoms with Gasteiger partial charge in [-0.25, -0.2) is 4.39 Å². The first-order valence-electron chi connectivity index (χ1n) is 9.00. The number of ether oxygens (including phenoxy) is 1. The van der Waals surface area contributed by atoms with Gasteiger partial charge in [-0.1, -0.05) is 16.8 Å². The number of benzene rings is 2. The van der Waals surface area contributed by atoms with Crippen LogP contribution in [0.1, 0.15) is 19.2 Å². The molecule has 0 fully saturated rings. The highest BCUT2D eigenvalue weighted by Crippen LogP contribution is 2.19. The summed E-state index contributed by atoms with van der Waals surface area (Å²) in [6.07, 6.45) is -0.673. The summed E-state index contributed by atoms with van der Waals surface area (Å²) in [6, 6.07) is 12.2. The van der Waals surface area contributed by atoms with Gasteiger partial charge in [0.15, 0.2) is 6.10 Å². The number of hydrogen-bond donors (Lipinski definition) is 2. The van der Waals surface area contributed by atoms with E-state index in [0.29, 0.717) is 16.6 Å². The minimum Gasteiger partial charge on any atom is -0.481 e. The van der Waals surface area contributed by atoms with Crippen LogP contribution in [0.3, 0.4) is 0 Å². The number of aryl methyl sites for hydroxylation is 1. The van der Waals surface area contributed by atoms with Crippen molar-refractivity contribution in [3.05, 3.63) is 65.3 Å². The Morgan fingerprint density at radius 3 is 2.53 bits per heavy atom. The second-order valence-corrected chi connectivity index (χ2v) is 6.71. The van der Waals surface area contributed by atoms with Gasteiger partial charge in [-0.15, -0.1) is 0 Å². The van der Waals surface area contributed by atoms with Gasteiger partial charge in [0.05, 0.1) is 0 Å².